The lowest BCUT2D eigenvalue weighted by Gasteiger charge is -2.34. The molecule has 25 heavy (non-hydrogen) atoms. The number of hydrogen-bond donors (Lipinski definition) is 0. The van der Waals surface area contributed by atoms with Crippen LogP contribution in [0.15, 0.2) is 27.9 Å². The monoisotopic (exact) mass is 375 g/mol. The van der Waals surface area contributed by atoms with E-state index in [9.17, 15) is 0 Å². The first kappa shape index (κ1) is 17.6. The maximum Gasteiger partial charge on any atom is 0.164 e. The summed E-state index contributed by atoms with van der Waals surface area (Å²) in [6.45, 7) is 7.27. The van der Waals surface area contributed by atoms with Gasteiger partial charge in [0.05, 0.1) is 5.70 Å². The molecule has 0 aromatic carbocycles. The fourth-order valence-electron chi connectivity index (χ4n) is 4.22. The van der Waals surface area contributed by atoms with Crippen molar-refractivity contribution < 1.29 is 0 Å². The van der Waals surface area contributed by atoms with Gasteiger partial charge in [-0.3, -0.25) is 0 Å². The summed E-state index contributed by atoms with van der Waals surface area (Å²) in [7, 11) is 0. The van der Waals surface area contributed by atoms with E-state index in [0.717, 1.165) is 12.6 Å². The van der Waals surface area contributed by atoms with Crippen molar-refractivity contribution in [3.63, 3.8) is 0 Å². The van der Waals surface area contributed by atoms with E-state index in [0.29, 0.717) is 5.25 Å². The Kier molecular flexibility index (Phi) is 5.83. The van der Waals surface area contributed by atoms with Gasteiger partial charge in [0.2, 0.25) is 0 Å². The van der Waals surface area contributed by atoms with Gasteiger partial charge >= 0.3 is 0 Å². The van der Waals surface area contributed by atoms with Crippen molar-refractivity contribution in [3.05, 3.63) is 28.5 Å². The second kappa shape index (κ2) is 8.28. The van der Waals surface area contributed by atoms with Crippen molar-refractivity contribution in [1.29, 1.82) is 0 Å². The Morgan fingerprint density at radius 2 is 1.92 bits per heavy atom. The van der Waals surface area contributed by atoms with Crippen molar-refractivity contribution in [2.45, 2.75) is 56.7 Å². The fourth-order valence-corrected chi connectivity index (χ4v) is 5.89. The van der Waals surface area contributed by atoms with Gasteiger partial charge in [0.25, 0.3) is 0 Å². The molecule has 3 aliphatic heterocycles. The molecule has 5 heteroatoms. The second-order valence-electron chi connectivity index (χ2n) is 7.45. The first-order chi connectivity index (χ1) is 12.3. The molecule has 2 saturated heterocycles. The number of likely N-dealkylation sites (tertiary alicyclic amines) is 2. The normalized spacial score (nSPS) is 29.1. The molecule has 2 unspecified atom stereocenters. The van der Waals surface area contributed by atoms with Crippen LogP contribution in [-0.2, 0) is 0 Å². The van der Waals surface area contributed by atoms with Crippen molar-refractivity contribution in [1.82, 2.24) is 9.80 Å². The summed E-state index contributed by atoms with van der Waals surface area (Å²) in [5.41, 5.74) is 2.44. The molecule has 0 saturated carbocycles. The van der Waals surface area contributed by atoms with E-state index in [1.54, 1.807) is 11.3 Å². The van der Waals surface area contributed by atoms with Gasteiger partial charge in [-0.1, -0.05) is 18.2 Å². The van der Waals surface area contributed by atoms with E-state index in [4.69, 9.17) is 4.99 Å². The zero-order chi connectivity index (χ0) is 17.1. The lowest BCUT2D eigenvalue weighted by atomic mass is 10.0. The molecule has 3 aliphatic rings. The van der Waals surface area contributed by atoms with Gasteiger partial charge in [-0.25, -0.2) is 4.99 Å². The molecular formula is C20H29N3S2. The highest BCUT2D eigenvalue weighted by molar-refractivity contribution is 8.14. The molecule has 136 valence electrons. The largest absolute Gasteiger partial charge is 0.351 e. The van der Waals surface area contributed by atoms with Crippen LogP contribution in [0.25, 0.3) is 5.70 Å². The zero-order valence-corrected chi connectivity index (χ0v) is 16.8. The highest BCUT2D eigenvalue weighted by Crippen LogP contribution is 2.32. The Balaban J connectivity index is 1.43. The van der Waals surface area contributed by atoms with Crippen LogP contribution < -0.4 is 0 Å². The van der Waals surface area contributed by atoms with Crippen LogP contribution in [-0.4, -0.2) is 52.4 Å². The third-order valence-corrected chi connectivity index (χ3v) is 7.34. The lowest BCUT2D eigenvalue weighted by Crippen LogP contribution is -2.40. The Morgan fingerprint density at radius 3 is 2.72 bits per heavy atom. The van der Waals surface area contributed by atoms with Gasteiger partial charge in [0, 0.05) is 35.3 Å². The molecule has 0 bridgehead atoms. The van der Waals surface area contributed by atoms with Crippen LogP contribution in [0, 0.1) is 0 Å². The Hall–Kier alpha value is -0.780. The molecule has 1 aromatic heterocycles. The molecule has 4 rings (SSSR count). The standard InChI is InChI=1S/C20H29N3S2/c1-16-14-19(17-8-13-24-15-17)21-20(25-16)23-11-5-6-18(7-12-23)22-9-3-2-4-10-22/h8,13-16,18H,2-7,9-12H2,1H3. The summed E-state index contributed by atoms with van der Waals surface area (Å²) >= 11 is 3.68. The van der Waals surface area contributed by atoms with E-state index >= 15 is 0 Å². The molecule has 4 heterocycles. The van der Waals surface area contributed by atoms with Crippen molar-refractivity contribution in [2.75, 3.05) is 26.2 Å². The lowest BCUT2D eigenvalue weighted by molar-refractivity contribution is 0.150. The number of rotatable bonds is 2. The third kappa shape index (κ3) is 4.32. The quantitative estimate of drug-likeness (QED) is 0.731. The molecule has 0 N–H and O–H groups in total. The molecule has 2 fully saturated rings. The average Bonchev–Trinajstić information content (AvgIpc) is 3.06. The molecule has 2 atom stereocenters. The molecular weight excluding hydrogens is 346 g/mol. The highest BCUT2D eigenvalue weighted by atomic mass is 32.2. The number of nitrogens with zero attached hydrogens (tertiary/aromatic N) is 3. The molecule has 0 aliphatic carbocycles. The maximum absolute atomic E-state index is 5.04. The SMILES string of the molecule is CC1C=C(c2ccsc2)N=C(N2CCCC(N3CCCCC3)CC2)S1. The predicted molar refractivity (Wildman–Crippen MR) is 111 cm³/mol. The summed E-state index contributed by atoms with van der Waals surface area (Å²) in [6.07, 6.45) is 10.5. The van der Waals surface area contributed by atoms with Crippen LogP contribution in [0.1, 0.15) is 51.0 Å². The topological polar surface area (TPSA) is 18.8 Å². The number of thioether (sulfide) groups is 1. The van der Waals surface area contributed by atoms with Crippen molar-refractivity contribution in [3.8, 4) is 0 Å². The zero-order valence-electron chi connectivity index (χ0n) is 15.2. The Morgan fingerprint density at radius 1 is 1.04 bits per heavy atom. The van der Waals surface area contributed by atoms with Crippen LogP contribution in [0.4, 0.5) is 0 Å². The minimum atomic E-state index is 0.503. The molecule has 3 nitrogen and oxygen atoms in total. The molecule has 0 amide bonds. The van der Waals surface area contributed by atoms with Crippen LogP contribution in [0.3, 0.4) is 0 Å². The second-order valence-corrected chi connectivity index (χ2v) is 9.57. The summed E-state index contributed by atoms with van der Waals surface area (Å²) in [6, 6.07) is 2.98. The molecule has 0 spiro atoms. The first-order valence-electron chi connectivity index (χ1n) is 9.78. The highest BCUT2D eigenvalue weighted by Gasteiger charge is 2.27. The predicted octanol–water partition coefficient (Wildman–Crippen LogP) is 4.92. The molecule has 0 radical (unpaired) electrons. The summed E-state index contributed by atoms with van der Waals surface area (Å²) < 4.78 is 0. The van der Waals surface area contributed by atoms with Crippen molar-refractivity contribution >= 4 is 34.0 Å². The minimum Gasteiger partial charge on any atom is -0.351 e. The fraction of sp³-hybridized carbons (Fsp3) is 0.650. The van der Waals surface area contributed by atoms with E-state index in [1.165, 1.54) is 74.6 Å². The van der Waals surface area contributed by atoms with Gasteiger partial charge in [0.15, 0.2) is 5.17 Å². The number of hydrogen-bond acceptors (Lipinski definition) is 5. The Bertz CT molecular complexity index is 617. The number of aliphatic imine (C=N–C) groups is 1. The first-order valence-corrected chi connectivity index (χ1v) is 11.6. The van der Waals surface area contributed by atoms with Crippen LogP contribution in [0.2, 0.25) is 0 Å². The van der Waals surface area contributed by atoms with Gasteiger partial charge in [-0.2, -0.15) is 11.3 Å². The van der Waals surface area contributed by atoms with Crippen LogP contribution >= 0.6 is 23.1 Å². The smallest absolute Gasteiger partial charge is 0.164 e. The summed E-state index contributed by atoms with van der Waals surface area (Å²) in [5, 5.41) is 6.11. The number of piperidine rings is 1. The summed E-state index contributed by atoms with van der Waals surface area (Å²) in [4.78, 5) is 10.4. The van der Waals surface area contributed by atoms with E-state index in [-0.39, 0.29) is 0 Å². The van der Waals surface area contributed by atoms with Gasteiger partial charge in [0.1, 0.15) is 0 Å². The van der Waals surface area contributed by atoms with Gasteiger partial charge < -0.3 is 9.80 Å². The number of thiophene rings is 1. The Labute approximate surface area is 160 Å². The van der Waals surface area contributed by atoms with Gasteiger partial charge in [-0.05, 0) is 69.6 Å². The van der Waals surface area contributed by atoms with Crippen molar-refractivity contribution in [2.24, 2.45) is 4.99 Å². The average molecular weight is 376 g/mol. The van der Waals surface area contributed by atoms with E-state index in [2.05, 4.69) is 39.6 Å². The molecule has 1 aromatic rings. The van der Waals surface area contributed by atoms with E-state index in [1.807, 2.05) is 11.8 Å². The summed E-state index contributed by atoms with van der Waals surface area (Å²) in [5.74, 6) is 0. The van der Waals surface area contributed by atoms with Crippen LogP contribution in [0.5, 0.6) is 0 Å². The minimum absolute atomic E-state index is 0.503. The number of amidine groups is 1. The van der Waals surface area contributed by atoms with Gasteiger partial charge in [-0.15, -0.1) is 0 Å². The maximum atomic E-state index is 5.04. The van der Waals surface area contributed by atoms with E-state index < -0.39 is 0 Å². The third-order valence-electron chi connectivity index (χ3n) is 5.59.